The lowest BCUT2D eigenvalue weighted by molar-refractivity contribution is 0.114. The molecule has 1 fully saturated rings. The van der Waals surface area contributed by atoms with E-state index in [4.69, 9.17) is 14.5 Å². The Labute approximate surface area is 250 Å². The van der Waals surface area contributed by atoms with Gasteiger partial charge in [0.25, 0.3) is 0 Å². The SMILES string of the molecule is COc1cc(/C=C2\CCCN3C2=NC[C@]3(CN(C)C(=O)Oc2ccccc2)c2ccc(F)cc2)ccc1-n1cnc(C)c1. The zero-order chi connectivity index (χ0) is 30.0. The van der Waals surface area contributed by atoms with Crippen molar-refractivity contribution in [1.29, 1.82) is 0 Å². The average molecular weight is 580 g/mol. The second kappa shape index (κ2) is 11.8. The van der Waals surface area contributed by atoms with Crippen LogP contribution in [0.25, 0.3) is 11.8 Å². The van der Waals surface area contributed by atoms with Crippen molar-refractivity contribution in [3.63, 3.8) is 0 Å². The first-order chi connectivity index (χ1) is 20.9. The Morgan fingerprint density at radius 1 is 1.12 bits per heavy atom. The molecule has 0 bridgehead atoms. The van der Waals surface area contributed by atoms with E-state index in [1.807, 2.05) is 48.0 Å². The smallest absolute Gasteiger partial charge is 0.415 e. The summed E-state index contributed by atoms with van der Waals surface area (Å²) in [5.74, 6) is 1.81. The highest BCUT2D eigenvalue weighted by Gasteiger charge is 2.47. The Bertz CT molecular complexity index is 1680. The highest BCUT2D eigenvalue weighted by Crippen LogP contribution is 2.40. The van der Waals surface area contributed by atoms with Gasteiger partial charge in [-0.25, -0.2) is 14.2 Å². The molecule has 6 rings (SSSR count). The zero-order valence-corrected chi connectivity index (χ0v) is 24.5. The predicted octanol–water partition coefficient (Wildman–Crippen LogP) is 6.25. The number of aryl methyl sites for hydroxylation is 1. The number of carbonyl (C=O) groups is 1. The number of aliphatic imine (C=N–C) groups is 1. The number of benzene rings is 3. The standard InChI is InChI=1S/C34H34FN5O3/c1-24-20-39(23-37-24)30-16-11-25(19-31(30)42-3)18-26-8-7-17-40-32(26)36-21-34(40,27-12-14-28(35)15-13-27)22-38(2)33(41)43-29-9-5-4-6-10-29/h4-6,9-16,18-20,23H,7-8,17,21-22H2,1-3H3/b26-18+/t34-/m0/s1. The maximum absolute atomic E-state index is 14.0. The highest BCUT2D eigenvalue weighted by atomic mass is 19.1. The summed E-state index contributed by atoms with van der Waals surface area (Å²) >= 11 is 0. The number of rotatable bonds is 7. The van der Waals surface area contributed by atoms with Crippen molar-refractivity contribution in [3.05, 3.63) is 114 Å². The van der Waals surface area contributed by atoms with Gasteiger partial charge in [-0.1, -0.05) is 36.4 Å². The minimum atomic E-state index is -0.673. The Balaban J connectivity index is 1.30. The quantitative estimate of drug-likeness (QED) is 0.259. The lowest BCUT2D eigenvalue weighted by Gasteiger charge is -2.44. The van der Waals surface area contributed by atoms with Gasteiger partial charge in [0, 0.05) is 19.8 Å². The summed E-state index contributed by atoms with van der Waals surface area (Å²) in [4.78, 5) is 26.4. The van der Waals surface area contributed by atoms with Crippen molar-refractivity contribution in [1.82, 2.24) is 19.4 Å². The molecule has 2 aliphatic rings. The van der Waals surface area contributed by atoms with Crippen LogP contribution in [0.4, 0.5) is 9.18 Å². The van der Waals surface area contributed by atoms with Crippen LogP contribution < -0.4 is 9.47 Å². The maximum atomic E-state index is 14.0. The number of halogens is 1. The lowest BCUT2D eigenvalue weighted by Crippen LogP contribution is -2.56. The number of hydrogen-bond acceptors (Lipinski definition) is 6. The fraction of sp³-hybridized carbons (Fsp3) is 0.265. The predicted molar refractivity (Wildman–Crippen MR) is 164 cm³/mol. The third kappa shape index (κ3) is 5.62. The number of piperidine rings is 1. The Kier molecular flexibility index (Phi) is 7.71. The molecule has 43 heavy (non-hydrogen) atoms. The van der Waals surface area contributed by atoms with Crippen LogP contribution in [0.5, 0.6) is 11.5 Å². The largest absolute Gasteiger partial charge is 0.495 e. The summed E-state index contributed by atoms with van der Waals surface area (Å²) in [5.41, 5.74) is 4.18. The normalized spacial score (nSPS) is 18.7. The molecule has 2 aliphatic heterocycles. The first-order valence-electron chi connectivity index (χ1n) is 14.3. The Hall–Kier alpha value is -4.92. The van der Waals surface area contributed by atoms with Crippen LogP contribution >= 0.6 is 0 Å². The average Bonchev–Trinajstić information content (AvgIpc) is 3.62. The molecule has 1 saturated heterocycles. The molecule has 1 aromatic heterocycles. The number of amidine groups is 1. The van der Waals surface area contributed by atoms with Gasteiger partial charge in [-0.2, -0.15) is 0 Å². The number of nitrogens with zero attached hydrogens (tertiary/aromatic N) is 5. The number of fused-ring (bicyclic) bond motifs is 1. The number of hydrogen-bond donors (Lipinski definition) is 0. The van der Waals surface area contributed by atoms with Gasteiger partial charge in [0.2, 0.25) is 0 Å². The van der Waals surface area contributed by atoms with E-state index < -0.39 is 11.6 Å². The number of aromatic nitrogens is 2. The van der Waals surface area contributed by atoms with E-state index in [-0.39, 0.29) is 5.82 Å². The van der Waals surface area contributed by atoms with Gasteiger partial charge in [-0.05, 0) is 78.9 Å². The fourth-order valence-electron chi connectivity index (χ4n) is 5.96. The summed E-state index contributed by atoms with van der Waals surface area (Å²) in [5, 5.41) is 0. The molecule has 1 atom stereocenters. The van der Waals surface area contributed by atoms with Gasteiger partial charge in [0.15, 0.2) is 0 Å². The van der Waals surface area contributed by atoms with E-state index >= 15 is 0 Å². The minimum absolute atomic E-state index is 0.308. The molecule has 1 amide bonds. The zero-order valence-electron chi connectivity index (χ0n) is 24.5. The molecule has 0 aliphatic carbocycles. The molecule has 3 heterocycles. The second-order valence-electron chi connectivity index (χ2n) is 11.0. The lowest BCUT2D eigenvalue weighted by atomic mass is 9.86. The second-order valence-corrected chi connectivity index (χ2v) is 11.0. The van der Waals surface area contributed by atoms with E-state index in [0.717, 1.165) is 59.1 Å². The van der Waals surface area contributed by atoms with E-state index in [1.54, 1.807) is 49.7 Å². The molecule has 3 aromatic carbocycles. The van der Waals surface area contributed by atoms with Crippen LogP contribution in [0.15, 0.2) is 95.9 Å². The van der Waals surface area contributed by atoms with Crippen LogP contribution in [-0.4, -0.2) is 65.1 Å². The minimum Gasteiger partial charge on any atom is -0.495 e. The molecule has 4 aromatic rings. The topological polar surface area (TPSA) is 72.2 Å². The van der Waals surface area contributed by atoms with Crippen molar-refractivity contribution in [2.45, 2.75) is 25.3 Å². The van der Waals surface area contributed by atoms with E-state index in [0.29, 0.717) is 18.8 Å². The van der Waals surface area contributed by atoms with Crippen molar-refractivity contribution in [3.8, 4) is 17.2 Å². The molecule has 0 unspecified atom stereocenters. The third-order valence-electron chi connectivity index (χ3n) is 8.05. The summed E-state index contributed by atoms with van der Waals surface area (Å²) in [6, 6.07) is 21.6. The molecule has 0 spiro atoms. The van der Waals surface area contributed by atoms with Gasteiger partial charge in [-0.3, -0.25) is 4.99 Å². The Morgan fingerprint density at radius 2 is 1.91 bits per heavy atom. The van der Waals surface area contributed by atoms with Gasteiger partial charge in [-0.15, -0.1) is 0 Å². The van der Waals surface area contributed by atoms with Gasteiger partial charge in [0.1, 0.15) is 28.7 Å². The van der Waals surface area contributed by atoms with Crippen LogP contribution in [0.2, 0.25) is 0 Å². The van der Waals surface area contributed by atoms with Crippen LogP contribution in [0, 0.1) is 12.7 Å². The third-order valence-corrected chi connectivity index (χ3v) is 8.05. The summed E-state index contributed by atoms with van der Waals surface area (Å²) < 4.78 is 27.3. The first kappa shape index (κ1) is 28.2. The van der Waals surface area contributed by atoms with Gasteiger partial charge >= 0.3 is 6.09 Å². The summed E-state index contributed by atoms with van der Waals surface area (Å²) in [6.45, 7) is 3.46. The number of ether oxygens (including phenoxy) is 2. The number of likely N-dealkylation sites (N-methyl/N-ethyl adjacent to an activating group) is 1. The van der Waals surface area contributed by atoms with Gasteiger partial charge in [0.05, 0.1) is 37.9 Å². The van der Waals surface area contributed by atoms with E-state index in [2.05, 4.69) is 22.0 Å². The first-order valence-corrected chi connectivity index (χ1v) is 14.3. The van der Waals surface area contributed by atoms with Crippen molar-refractivity contribution in [2.75, 3.05) is 33.8 Å². The molecule has 0 saturated carbocycles. The fourth-order valence-corrected chi connectivity index (χ4v) is 5.96. The number of methoxy groups -OCH3 is 1. The number of para-hydroxylation sites is 1. The monoisotopic (exact) mass is 579 g/mol. The van der Waals surface area contributed by atoms with Crippen LogP contribution in [0.1, 0.15) is 29.7 Å². The summed E-state index contributed by atoms with van der Waals surface area (Å²) in [7, 11) is 3.39. The molecule has 8 nitrogen and oxygen atoms in total. The highest BCUT2D eigenvalue weighted by molar-refractivity contribution is 6.04. The number of imidazole rings is 1. The van der Waals surface area contributed by atoms with Crippen molar-refractivity contribution >= 4 is 18.0 Å². The molecule has 9 heteroatoms. The number of carbonyl (C=O) groups excluding carboxylic acids is 1. The van der Waals surface area contributed by atoms with E-state index in [1.165, 1.54) is 12.1 Å². The maximum Gasteiger partial charge on any atom is 0.415 e. The van der Waals surface area contributed by atoms with Crippen molar-refractivity contribution < 1.29 is 18.7 Å². The van der Waals surface area contributed by atoms with Crippen LogP contribution in [-0.2, 0) is 5.54 Å². The molecular formula is C34H34FN5O3. The van der Waals surface area contributed by atoms with Crippen LogP contribution in [0.3, 0.4) is 0 Å². The Morgan fingerprint density at radius 3 is 2.63 bits per heavy atom. The molecule has 0 N–H and O–H groups in total. The van der Waals surface area contributed by atoms with Crippen molar-refractivity contribution in [2.24, 2.45) is 4.99 Å². The molecular weight excluding hydrogens is 545 g/mol. The van der Waals surface area contributed by atoms with E-state index in [9.17, 15) is 9.18 Å². The molecule has 220 valence electrons. The summed E-state index contributed by atoms with van der Waals surface area (Å²) in [6.07, 6.45) is 7.21. The van der Waals surface area contributed by atoms with Gasteiger partial charge < -0.3 is 23.8 Å². The molecule has 0 radical (unpaired) electrons. The number of amides is 1.